The molecule has 11 nitrogen and oxygen atoms in total. The number of nitrogens with zero attached hydrogens (tertiary/aromatic N) is 5. The molecule has 2 saturated heterocycles. The Morgan fingerprint density at radius 3 is 2.63 bits per heavy atom. The number of H-pyrrole nitrogens is 1. The van der Waals surface area contributed by atoms with Gasteiger partial charge in [0.15, 0.2) is 5.82 Å². The van der Waals surface area contributed by atoms with Crippen LogP contribution >= 0.6 is 0 Å². The summed E-state index contributed by atoms with van der Waals surface area (Å²) >= 11 is 0. The van der Waals surface area contributed by atoms with E-state index in [2.05, 4.69) is 56.6 Å². The number of hydrogen-bond acceptors (Lipinski definition) is 8. The molecule has 3 aromatic rings. The van der Waals surface area contributed by atoms with E-state index in [4.69, 9.17) is 4.98 Å². The molecule has 2 aromatic heterocycles. The molecule has 0 amide bonds. The first-order valence-corrected chi connectivity index (χ1v) is 15.9. The van der Waals surface area contributed by atoms with Crippen LogP contribution in [0, 0.1) is 0 Å². The first kappa shape index (κ1) is 29.2. The molecular formula is C29H42N8O3S. The zero-order valence-electron chi connectivity index (χ0n) is 24.4. The fourth-order valence-corrected chi connectivity index (χ4v) is 7.09. The van der Waals surface area contributed by atoms with Crippen molar-refractivity contribution in [3.05, 3.63) is 42.6 Å². The number of aromatic nitrogens is 2. The summed E-state index contributed by atoms with van der Waals surface area (Å²) < 4.78 is 30.1. The molecule has 41 heavy (non-hydrogen) atoms. The van der Waals surface area contributed by atoms with Crippen LogP contribution < -0.4 is 19.8 Å². The molecule has 2 fully saturated rings. The summed E-state index contributed by atoms with van der Waals surface area (Å²) in [6.07, 6.45) is 4.41. The highest BCUT2D eigenvalue weighted by molar-refractivity contribution is 7.90. The number of piperidine rings is 1. The monoisotopic (exact) mass is 582 g/mol. The minimum absolute atomic E-state index is 0.175. The van der Waals surface area contributed by atoms with Crippen molar-refractivity contribution in [2.24, 2.45) is 0 Å². The van der Waals surface area contributed by atoms with E-state index in [0.29, 0.717) is 44.8 Å². The Kier molecular flexibility index (Phi) is 8.71. The lowest BCUT2D eigenvalue weighted by atomic mass is 9.96. The number of anilines is 4. The number of piperazine rings is 1. The van der Waals surface area contributed by atoms with Gasteiger partial charge in [0.2, 0.25) is 0 Å². The molecule has 1 aromatic carbocycles. The molecule has 5 rings (SSSR count). The van der Waals surface area contributed by atoms with Gasteiger partial charge in [0.05, 0.1) is 17.4 Å². The second-order valence-electron chi connectivity index (χ2n) is 11.3. The van der Waals surface area contributed by atoms with Gasteiger partial charge in [-0.3, -0.25) is 4.72 Å². The number of aromatic amines is 1. The minimum atomic E-state index is -3.63. The average molecular weight is 583 g/mol. The summed E-state index contributed by atoms with van der Waals surface area (Å²) in [5, 5.41) is 4.39. The number of carbonyl (C=O) groups excluding carboxylic acids is 1. The van der Waals surface area contributed by atoms with Crippen LogP contribution in [-0.2, 0) is 15.0 Å². The van der Waals surface area contributed by atoms with E-state index in [1.165, 1.54) is 4.31 Å². The molecule has 0 radical (unpaired) electrons. The Labute approximate surface area is 243 Å². The number of hydrogen-bond donors (Lipinski definition) is 3. The first-order chi connectivity index (χ1) is 19.7. The average Bonchev–Trinajstić information content (AvgIpc) is 3.37. The van der Waals surface area contributed by atoms with Crippen LogP contribution in [0.3, 0.4) is 0 Å². The lowest BCUT2D eigenvalue weighted by Gasteiger charge is -2.42. The van der Waals surface area contributed by atoms with Crippen molar-refractivity contribution in [2.75, 3.05) is 66.2 Å². The van der Waals surface area contributed by atoms with E-state index >= 15 is 0 Å². The Bertz CT molecular complexity index is 1450. The standard InChI is InChI=1S/C29H42N8O3S/c1-5-36(29-27(31-21(2)3)7-6-11-30-29)24-10-12-37(25(19-24)20-38)28-18-22-17-23(8-9-26(22)32-28)33-41(39,40)35-15-13-34(4)14-16-35/h6-9,11,17-18,20-21,24-25,31-33H,5,10,12-16,19H2,1-4H3. The van der Waals surface area contributed by atoms with Crippen molar-refractivity contribution in [3.8, 4) is 0 Å². The summed E-state index contributed by atoms with van der Waals surface area (Å²) in [4.78, 5) is 27.1. The maximum Gasteiger partial charge on any atom is 0.301 e. The zero-order chi connectivity index (χ0) is 29.1. The fraction of sp³-hybridized carbons (Fsp3) is 0.517. The summed E-state index contributed by atoms with van der Waals surface area (Å²) in [6, 6.07) is 11.7. The minimum Gasteiger partial charge on any atom is -0.380 e. The summed E-state index contributed by atoms with van der Waals surface area (Å²) in [5.74, 6) is 1.78. The maximum absolute atomic E-state index is 12.9. The third-order valence-corrected chi connectivity index (χ3v) is 9.56. The van der Waals surface area contributed by atoms with Gasteiger partial charge in [0, 0.05) is 68.5 Å². The Morgan fingerprint density at radius 2 is 1.93 bits per heavy atom. The molecule has 0 bridgehead atoms. The van der Waals surface area contributed by atoms with E-state index in [9.17, 15) is 13.2 Å². The Morgan fingerprint density at radius 1 is 1.15 bits per heavy atom. The van der Waals surface area contributed by atoms with Crippen molar-refractivity contribution in [1.29, 1.82) is 0 Å². The van der Waals surface area contributed by atoms with Crippen LogP contribution in [0.5, 0.6) is 0 Å². The summed E-state index contributed by atoms with van der Waals surface area (Å²) in [6.45, 7) is 10.2. The van der Waals surface area contributed by atoms with E-state index in [-0.39, 0.29) is 18.1 Å². The number of aldehydes is 1. The molecule has 0 spiro atoms. The van der Waals surface area contributed by atoms with E-state index in [0.717, 1.165) is 47.5 Å². The molecule has 222 valence electrons. The zero-order valence-corrected chi connectivity index (χ0v) is 25.2. The largest absolute Gasteiger partial charge is 0.380 e. The number of benzene rings is 1. The van der Waals surface area contributed by atoms with Gasteiger partial charge in [-0.05, 0) is 77.1 Å². The van der Waals surface area contributed by atoms with Gasteiger partial charge in [-0.1, -0.05) is 0 Å². The number of nitrogens with one attached hydrogen (secondary N) is 3. The SMILES string of the molecule is CCN(c1ncccc1NC(C)C)C1CCN(c2cc3cc(NS(=O)(=O)N4CCN(C)CC4)ccc3[nH]2)C(C=O)C1. The van der Waals surface area contributed by atoms with Gasteiger partial charge in [0.25, 0.3) is 0 Å². The molecule has 4 heterocycles. The molecule has 12 heteroatoms. The van der Waals surface area contributed by atoms with Gasteiger partial charge in [-0.2, -0.15) is 12.7 Å². The van der Waals surface area contributed by atoms with Crippen LogP contribution in [0.2, 0.25) is 0 Å². The normalized spacial score (nSPS) is 20.9. The number of carbonyl (C=O) groups is 1. The molecule has 2 aliphatic rings. The van der Waals surface area contributed by atoms with Crippen molar-refractivity contribution >= 4 is 50.4 Å². The maximum atomic E-state index is 12.9. The topological polar surface area (TPSA) is 117 Å². The van der Waals surface area contributed by atoms with Crippen LogP contribution in [-0.4, -0.2) is 98.3 Å². The molecule has 0 saturated carbocycles. The third-order valence-electron chi connectivity index (χ3n) is 8.02. The Hall–Kier alpha value is -3.35. The second-order valence-corrected chi connectivity index (χ2v) is 13.0. The van der Waals surface area contributed by atoms with Crippen molar-refractivity contribution in [1.82, 2.24) is 19.2 Å². The van der Waals surface area contributed by atoms with Crippen molar-refractivity contribution in [2.45, 2.75) is 51.7 Å². The summed E-state index contributed by atoms with van der Waals surface area (Å²) in [5.41, 5.74) is 2.42. The molecule has 2 unspecified atom stereocenters. The highest BCUT2D eigenvalue weighted by Gasteiger charge is 2.33. The molecule has 2 atom stereocenters. The lowest BCUT2D eigenvalue weighted by Crippen LogP contribution is -2.51. The summed E-state index contributed by atoms with van der Waals surface area (Å²) in [7, 11) is -1.64. The molecule has 3 N–H and O–H groups in total. The number of likely N-dealkylation sites (N-methyl/N-ethyl adjacent to an activating group) is 1. The predicted molar refractivity (Wildman–Crippen MR) is 166 cm³/mol. The number of fused-ring (bicyclic) bond motifs is 1. The number of rotatable bonds is 10. The van der Waals surface area contributed by atoms with Crippen LogP contribution in [0.15, 0.2) is 42.6 Å². The smallest absolute Gasteiger partial charge is 0.301 e. The third kappa shape index (κ3) is 6.44. The molecular weight excluding hydrogens is 540 g/mol. The Balaban J connectivity index is 1.31. The van der Waals surface area contributed by atoms with Crippen LogP contribution in [0.4, 0.5) is 23.0 Å². The second kappa shape index (κ2) is 12.3. The van der Waals surface area contributed by atoms with Gasteiger partial charge in [0.1, 0.15) is 12.1 Å². The van der Waals surface area contributed by atoms with E-state index in [1.54, 1.807) is 6.07 Å². The van der Waals surface area contributed by atoms with E-state index < -0.39 is 10.2 Å². The van der Waals surface area contributed by atoms with Crippen molar-refractivity contribution in [3.63, 3.8) is 0 Å². The highest BCUT2D eigenvalue weighted by atomic mass is 32.2. The number of pyridine rings is 1. The van der Waals surface area contributed by atoms with Crippen LogP contribution in [0.25, 0.3) is 10.9 Å². The van der Waals surface area contributed by atoms with Gasteiger partial charge in [-0.25, -0.2) is 4.98 Å². The highest BCUT2D eigenvalue weighted by Crippen LogP contribution is 2.33. The van der Waals surface area contributed by atoms with E-state index in [1.807, 2.05) is 37.5 Å². The van der Waals surface area contributed by atoms with Gasteiger partial charge < -0.3 is 29.8 Å². The van der Waals surface area contributed by atoms with Crippen LogP contribution in [0.1, 0.15) is 33.6 Å². The molecule has 2 aliphatic heterocycles. The van der Waals surface area contributed by atoms with Gasteiger partial charge in [-0.15, -0.1) is 0 Å². The predicted octanol–water partition coefficient (Wildman–Crippen LogP) is 3.35. The first-order valence-electron chi connectivity index (χ1n) is 14.5. The fourth-order valence-electron chi connectivity index (χ4n) is 5.90. The lowest BCUT2D eigenvalue weighted by molar-refractivity contribution is -0.109. The quantitative estimate of drug-likeness (QED) is 0.312. The van der Waals surface area contributed by atoms with Crippen molar-refractivity contribution < 1.29 is 13.2 Å². The van der Waals surface area contributed by atoms with Gasteiger partial charge >= 0.3 is 10.2 Å². The molecule has 0 aliphatic carbocycles.